The number of benzene rings is 1. The van der Waals surface area contributed by atoms with Gasteiger partial charge >= 0.3 is 0 Å². The van der Waals surface area contributed by atoms with Gasteiger partial charge in [-0.1, -0.05) is 19.1 Å². The highest BCUT2D eigenvalue weighted by Gasteiger charge is 2.20. The topological polar surface area (TPSA) is 30.5 Å². The van der Waals surface area contributed by atoms with Gasteiger partial charge in [0.25, 0.3) is 0 Å². The Balaban J connectivity index is 1.59. The molecule has 0 aromatic heterocycles. The first-order valence-electron chi connectivity index (χ1n) is 8.33. The molecule has 3 heteroatoms. The molecule has 1 unspecified atom stereocenters. The first kappa shape index (κ1) is 16.3. The summed E-state index contributed by atoms with van der Waals surface area (Å²) in [5.74, 6) is 1.83. The summed E-state index contributed by atoms with van der Waals surface area (Å²) in [6, 6.07) is 8.77. The van der Waals surface area contributed by atoms with Crippen LogP contribution >= 0.6 is 0 Å². The molecule has 1 N–H and O–H groups in total. The van der Waals surface area contributed by atoms with Crippen molar-refractivity contribution in [3.05, 3.63) is 29.8 Å². The van der Waals surface area contributed by atoms with Gasteiger partial charge < -0.3 is 14.8 Å². The van der Waals surface area contributed by atoms with Gasteiger partial charge in [0.2, 0.25) is 0 Å². The first-order chi connectivity index (χ1) is 10.3. The van der Waals surface area contributed by atoms with Crippen LogP contribution in [-0.4, -0.2) is 26.4 Å². The minimum absolute atomic E-state index is 0.369. The highest BCUT2D eigenvalue weighted by atomic mass is 16.5. The summed E-state index contributed by atoms with van der Waals surface area (Å²) in [4.78, 5) is 0. The van der Waals surface area contributed by atoms with Crippen molar-refractivity contribution < 1.29 is 9.47 Å². The summed E-state index contributed by atoms with van der Waals surface area (Å²) >= 11 is 0. The maximum atomic E-state index is 5.64. The Bertz CT molecular complexity index is 387. The van der Waals surface area contributed by atoms with E-state index in [4.69, 9.17) is 9.47 Å². The number of rotatable bonds is 11. The van der Waals surface area contributed by atoms with Gasteiger partial charge in [0.05, 0.1) is 6.61 Å². The molecule has 1 aromatic carbocycles. The van der Waals surface area contributed by atoms with E-state index in [2.05, 4.69) is 43.4 Å². The molecular formula is C18H29NO2. The van der Waals surface area contributed by atoms with E-state index < -0.39 is 0 Å². The summed E-state index contributed by atoms with van der Waals surface area (Å²) in [6.07, 6.45) is 4.86. The zero-order chi connectivity index (χ0) is 14.9. The Morgan fingerprint density at radius 3 is 2.62 bits per heavy atom. The second-order valence-corrected chi connectivity index (χ2v) is 5.97. The van der Waals surface area contributed by atoms with Gasteiger partial charge in [0, 0.05) is 19.3 Å². The molecule has 0 saturated heterocycles. The molecule has 0 amide bonds. The monoisotopic (exact) mass is 291 g/mol. The average molecular weight is 291 g/mol. The molecule has 3 nitrogen and oxygen atoms in total. The largest absolute Gasteiger partial charge is 0.494 e. The summed E-state index contributed by atoms with van der Waals surface area (Å²) in [5.41, 5.74) is 1.30. The molecule has 21 heavy (non-hydrogen) atoms. The van der Waals surface area contributed by atoms with E-state index in [-0.39, 0.29) is 0 Å². The molecule has 0 bridgehead atoms. The van der Waals surface area contributed by atoms with Gasteiger partial charge in [0.15, 0.2) is 0 Å². The highest BCUT2D eigenvalue weighted by molar-refractivity contribution is 5.28. The number of hydrogen-bond donors (Lipinski definition) is 1. The molecule has 0 radical (unpaired) electrons. The molecule has 0 heterocycles. The van der Waals surface area contributed by atoms with E-state index in [1.165, 1.54) is 18.4 Å². The fraction of sp³-hybridized carbons (Fsp3) is 0.667. The third kappa shape index (κ3) is 6.49. The zero-order valence-electron chi connectivity index (χ0n) is 13.4. The van der Waals surface area contributed by atoms with Crippen LogP contribution in [0.15, 0.2) is 24.3 Å². The number of hydrogen-bond acceptors (Lipinski definition) is 3. The van der Waals surface area contributed by atoms with E-state index in [9.17, 15) is 0 Å². The van der Waals surface area contributed by atoms with Crippen molar-refractivity contribution >= 4 is 0 Å². The Hall–Kier alpha value is -1.06. The van der Waals surface area contributed by atoms with Crippen LogP contribution < -0.4 is 10.1 Å². The van der Waals surface area contributed by atoms with Gasteiger partial charge in [-0.25, -0.2) is 0 Å². The predicted octanol–water partition coefficient (Wildman–Crippen LogP) is 3.94. The van der Waals surface area contributed by atoms with E-state index in [1.54, 1.807) is 0 Å². The predicted molar refractivity (Wildman–Crippen MR) is 86.8 cm³/mol. The van der Waals surface area contributed by atoms with E-state index in [1.807, 2.05) is 0 Å². The summed E-state index contributed by atoms with van der Waals surface area (Å²) in [5, 5.41) is 3.54. The third-order valence-electron chi connectivity index (χ3n) is 3.82. The first-order valence-corrected chi connectivity index (χ1v) is 8.33. The maximum Gasteiger partial charge on any atom is 0.119 e. The second-order valence-electron chi connectivity index (χ2n) is 5.97. The molecule has 1 fully saturated rings. The highest BCUT2D eigenvalue weighted by Crippen LogP contribution is 2.28. The van der Waals surface area contributed by atoms with Crippen molar-refractivity contribution in [1.82, 2.24) is 5.32 Å². The lowest BCUT2D eigenvalue weighted by molar-refractivity contribution is 0.121. The molecule has 1 aliphatic rings. The van der Waals surface area contributed by atoms with Crippen LogP contribution in [0.25, 0.3) is 0 Å². The fourth-order valence-electron chi connectivity index (χ4n) is 2.22. The van der Waals surface area contributed by atoms with Crippen LogP contribution in [0.1, 0.15) is 51.1 Å². The van der Waals surface area contributed by atoms with Gasteiger partial charge in [-0.15, -0.1) is 0 Å². The third-order valence-corrected chi connectivity index (χ3v) is 3.82. The Labute approximate surface area is 129 Å². The summed E-state index contributed by atoms with van der Waals surface area (Å²) in [7, 11) is 0. The lowest BCUT2D eigenvalue weighted by atomic mass is 10.1. The molecule has 1 saturated carbocycles. The van der Waals surface area contributed by atoms with Crippen LogP contribution in [0, 0.1) is 5.92 Å². The fourth-order valence-corrected chi connectivity index (χ4v) is 2.22. The maximum absolute atomic E-state index is 5.64. The lowest BCUT2D eigenvalue weighted by Crippen LogP contribution is -2.21. The molecule has 1 aromatic rings. The van der Waals surface area contributed by atoms with Crippen LogP contribution in [0.3, 0.4) is 0 Å². The smallest absolute Gasteiger partial charge is 0.119 e. The minimum Gasteiger partial charge on any atom is -0.494 e. The number of ether oxygens (including phenoxy) is 2. The second kappa shape index (κ2) is 9.06. The lowest BCUT2D eigenvalue weighted by Gasteiger charge is -2.15. The van der Waals surface area contributed by atoms with Gasteiger partial charge in [-0.3, -0.25) is 0 Å². The summed E-state index contributed by atoms with van der Waals surface area (Å²) < 4.78 is 11.2. The number of nitrogens with one attached hydrogen (secondary N) is 1. The average Bonchev–Trinajstić information content (AvgIpc) is 3.33. The molecule has 0 spiro atoms. The zero-order valence-corrected chi connectivity index (χ0v) is 13.4. The SMILES string of the molecule is CCCOc1ccc(C(C)NCCCOCC2CC2)cc1. The summed E-state index contributed by atoms with van der Waals surface area (Å²) in [6.45, 7) is 7.95. The standard InChI is InChI=1S/C18H29NO2/c1-3-12-21-18-9-7-17(8-10-18)15(2)19-11-4-13-20-14-16-5-6-16/h7-10,15-16,19H,3-6,11-14H2,1-2H3. The van der Waals surface area contributed by atoms with Crippen molar-refractivity contribution in [2.75, 3.05) is 26.4 Å². The van der Waals surface area contributed by atoms with Crippen molar-refractivity contribution in [2.45, 2.75) is 45.6 Å². The van der Waals surface area contributed by atoms with Crippen LogP contribution in [-0.2, 0) is 4.74 Å². The van der Waals surface area contributed by atoms with Gasteiger partial charge in [-0.05, 0) is 62.8 Å². The van der Waals surface area contributed by atoms with E-state index in [0.29, 0.717) is 6.04 Å². The van der Waals surface area contributed by atoms with Gasteiger partial charge in [-0.2, -0.15) is 0 Å². The van der Waals surface area contributed by atoms with Crippen LogP contribution in [0.5, 0.6) is 5.75 Å². The molecule has 118 valence electrons. The molecular weight excluding hydrogens is 262 g/mol. The normalized spacial score (nSPS) is 15.9. The Kier molecular flexibility index (Phi) is 7.04. The quantitative estimate of drug-likeness (QED) is 0.626. The minimum atomic E-state index is 0.369. The van der Waals surface area contributed by atoms with Crippen molar-refractivity contribution in [1.29, 1.82) is 0 Å². The van der Waals surface area contributed by atoms with E-state index in [0.717, 1.165) is 50.9 Å². The van der Waals surface area contributed by atoms with E-state index >= 15 is 0 Å². The van der Waals surface area contributed by atoms with Crippen LogP contribution in [0.2, 0.25) is 0 Å². The molecule has 1 aliphatic carbocycles. The Morgan fingerprint density at radius 1 is 1.19 bits per heavy atom. The van der Waals surface area contributed by atoms with Crippen molar-refractivity contribution in [3.8, 4) is 5.75 Å². The van der Waals surface area contributed by atoms with Crippen molar-refractivity contribution in [2.24, 2.45) is 5.92 Å². The van der Waals surface area contributed by atoms with Crippen molar-refractivity contribution in [3.63, 3.8) is 0 Å². The molecule has 2 rings (SSSR count). The Morgan fingerprint density at radius 2 is 1.95 bits per heavy atom. The molecule has 1 atom stereocenters. The molecule has 0 aliphatic heterocycles. The van der Waals surface area contributed by atoms with Gasteiger partial charge in [0.1, 0.15) is 5.75 Å². The van der Waals surface area contributed by atoms with Crippen LogP contribution in [0.4, 0.5) is 0 Å².